The van der Waals surface area contributed by atoms with Gasteiger partial charge in [-0.1, -0.05) is 0 Å². The molecule has 0 bridgehead atoms. The fraction of sp³-hybridized carbons (Fsp3) is 1.00. The second-order valence-corrected chi connectivity index (χ2v) is 2.52. The highest BCUT2D eigenvalue weighted by Gasteiger charge is 2.15. The fourth-order valence-electron chi connectivity index (χ4n) is 1.02. The second-order valence-electron chi connectivity index (χ2n) is 2.52. The van der Waals surface area contributed by atoms with Crippen molar-refractivity contribution < 1.29 is 20.2 Å². The first kappa shape index (κ1) is 12.4. The molecule has 2 N–H and O–H groups in total. The molecule has 1 rings (SSSR count). The lowest BCUT2D eigenvalue weighted by atomic mass is 10.1. The molecule has 1 saturated heterocycles. The van der Waals surface area contributed by atoms with Crippen molar-refractivity contribution in [2.75, 3.05) is 13.1 Å². The molecule has 9 heteroatoms. The first-order chi connectivity index (χ1) is 6.52. The molecule has 0 aromatic heterocycles. The molecule has 0 aliphatic carbocycles. The zero-order chi connectivity index (χ0) is 11.0. The quantitative estimate of drug-likeness (QED) is 0.467. The molecule has 0 amide bonds. The zero-order valence-electron chi connectivity index (χ0n) is 7.29. The summed E-state index contributed by atoms with van der Waals surface area (Å²) >= 11 is 0. The van der Waals surface area contributed by atoms with Crippen LogP contribution in [0.25, 0.3) is 0 Å². The van der Waals surface area contributed by atoms with Crippen LogP contribution in [0.3, 0.4) is 0 Å². The predicted octanol–water partition coefficient (Wildman–Crippen LogP) is -0.401. The molecule has 1 aliphatic rings. The van der Waals surface area contributed by atoms with Gasteiger partial charge in [-0.15, -0.1) is 20.2 Å². The number of rotatable bonds is 2. The van der Waals surface area contributed by atoms with Crippen LogP contribution in [-0.2, 0) is 4.84 Å². The van der Waals surface area contributed by atoms with Crippen molar-refractivity contribution >= 4 is 0 Å². The molecule has 0 saturated carbocycles. The summed E-state index contributed by atoms with van der Waals surface area (Å²) in [5, 5.41) is 25.8. The van der Waals surface area contributed by atoms with Crippen LogP contribution >= 0.6 is 0 Å². The largest absolute Gasteiger partial charge is 0.328 e. The Bertz CT molecular complexity index is 188. The molecule has 1 heterocycles. The van der Waals surface area contributed by atoms with Gasteiger partial charge in [0.15, 0.2) is 0 Å². The Balaban J connectivity index is 0.000000364. The van der Waals surface area contributed by atoms with Crippen LogP contribution in [0.15, 0.2) is 0 Å². The first-order valence-electron chi connectivity index (χ1n) is 3.87. The summed E-state index contributed by atoms with van der Waals surface area (Å²) in [6.07, 6.45) is 1.29. The average Bonchev–Trinajstić information content (AvgIpc) is 2.03. The van der Waals surface area contributed by atoms with Crippen molar-refractivity contribution in [2.45, 2.75) is 18.9 Å². The molecular formula is C5H11N3O6. The van der Waals surface area contributed by atoms with Crippen LogP contribution in [-0.4, -0.2) is 34.6 Å². The van der Waals surface area contributed by atoms with E-state index in [4.69, 9.17) is 15.3 Å². The number of hydrogen-bond donors (Lipinski definition) is 2. The summed E-state index contributed by atoms with van der Waals surface area (Å²) in [6.45, 7) is 1.64. The Kier molecular flexibility index (Phi) is 6.03. The lowest BCUT2D eigenvalue weighted by molar-refractivity contribution is -0.769. The molecule has 0 aromatic carbocycles. The highest BCUT2D eigenvalue weighted by atomic mass is 17.0. The predicted molar refractivity (Wildman–Crippen MR) is 42.8 cm³/mol. The van der Waals surface area contributed by atoms with Gasteiger partial charge in [-0.05, 0) is 25.9 Å². The van der Waals surface area contributed by atoms with Crippen LogP contribution in [0.2, 0.25) is 0 Å². The molecule has 1 fully saturated rings. The summed E-state index contributed by atoms with van der Waals surface area (Å²) in [6, 6.07) is 0. The van der Waals surface area contributed by atoms with E-state index in [1.54, 1.807) is 0 Å². The van der Waals surface area contributed by atoms with E-state index in [-0.39, 0.29) is 6.10 Å². The Morgan fingerprint density at radius 1 is 1.29 bits per heavy atom. The van der Waals surface area contributed by atoms with Crippen molar-refractivity contribution in [2.24, 2.45) is 0 Å². The van der Waals surface area contributed by atoms with E-state index in [0.29, 0.717) is 0 Å². The van der Waals surface area contributed by atoms with Gasteiger partial charge in [0.05, 0.1) is 0 Å². The normalized spacial score (nSPS) is 16.3. The van der Waals surface area contributed by atoms with Crippen molar-refractivity contribution in [3.63, 3.8) is 0 Å². The van der Waals surface area contributed by atoms with Gasteiger partial charge in [0.25, 0.3) is 10.2 Å². The SMILES string of the molecule is O=[N+]([O-])O.O=[N+]([O-])OC1CCNCC1. The number of nitrogens with one attached hydrogen (secondary N) is 1. The molecular weight excluding hydrogens is 198 g/mol. The number of hydrogen-bond acceptors (Lipinski definition) is 6. The van der Waals surface area contributed by atoms with E-state index in [1.807, 2.05) is 0 Å². The fourth-order valence-corrected chi connectivity index (χ4v) is 1.02. The van der Waals surface area contributed by atoms with Gasteiger partial charge in [0, 0.05) is 0 Å². The van der Waals surface area contributed by atoms with Crippen LogP contribution in [0.5, 0.6) is 0 Å². The zero-order valence-corrected chi connectivity index (χ0v) is 7.29. The molecule has 0 atom stereocenters. The Labute approximate surface area is 78.9 Å². The van der Waals surface area contributed by atoms with E-state index in [2.05, 4.69) is 10.2 Å². The average molecular weight is 209 g/mol. The van der Waals surface area contributed by atoms with Crippen LogP contribution < -0.4 is 5.32 Å². The molecule has 0 unspecified atom stereocenters. The molecule has 0 spiro atoms. The maximum absolute atomic E-state index is 9.83. The van der Waals surface area contributed by atoms with Crippen LogP contribution in [0.4, 0.5) is 0 Å². The third-order valence-electron chi connectivity index (χ3n) is 1.52. The number of piperidine rings is 1. The van der Waals surface area contributed by atoms with Gasteiger partial charge >= 0.3 is 0 Å². The third-order valence-corrected chi connectivity index (χ3v) is 1.52. The lowest BCUT2D eigenvalue weighted by Crippen LogP contribution is -2.33. The topological polar surface area (TPSA) is 128 Å². The summed E-state index contributed by atoms with van der Waals surface area (Å²) in [4.78, 5) is 22.6. The molecule has 0 aromatic rings. The summed E-state index contributed by atoms with van der Waals surface area (Å²) in [5.74, 6) is 0. The summed E-state index contributed by atoms with van der Waals surface area (Å²) in [7, 11) is 0. The van der Waals surface area contributed by atoms with Crippen molar-refractivity contribution in [3.05, 3.63) is 20.2 Å². The van der Waals surface area contributed by atoms with E-state index in [1.165, 1.54) is 0 Å². The smallest absolute Gasteiger partial charge is 0.294 e. The van der Waals surface area contributed by atoms with Gasteiger partial charge in [0.1, 0.15) is 6.10 Å². The summed E-state index contributed by atoms with van der Waals surface area (Å²) < 4.78 is 0. The second kappa shape index (κ2) is 6.83. The van der Waals surface area contributed by atoms with Crippen LogP contribution in [0, 0.1) is 20.2 Å². The molecule has 14 heavy (non-hydrogen) atoms. The van der Waals surface area contributed by atoms with Crippen molar-refractivity contribution in [3.8, 4) is 0 Å². The molecule has 82 valence electrons. The van der Waals surface area contributed by atoms with E-state index >= 15 is 0 Å². The minimum atomic E-state index is -1.50. The summed E-state index contributed by atoms with van der Waals surface area (Å²) in [5.41, 5.74) is 0. The monoisotopic (exact) mass is 209 g/mol. The Hall–Kier alpha value is -1.64. The van der Waals surface area contributed by atoms with Gasteiger partial charge in [-0.3, -0.25) is 0 Å². The Morgan fingerprint density at radius 3 is 2.07 bits per heavy atom. The van der Waals surface area contributed by atoms with Crippen molar-refractivity contribution in [1.82, 2.24) is 5.32 Å². The standard InChI is InChI=1S/C5H10N2O3.HNO3/c8-7(9)10-5-1-3-6-4-2-5;2-1(3)4/h5-6H,1-4H2;(H,2,3,4). The Morgan fingerprint density at radius 2 is 1.71 bits per heavy atom. The maximum Gasteiger partial charge on any atom is 0.294 e. The first-order valence-corrected chi connectivity index (χ1v) is 3.87. The van der Waals surface area contributed by atoms with E-state index in [0.717, 1.165) is 25.9 Å². The third kappa shape index (κ3) is 8.46. The minimum Gasteiger partial charge on any atom is -0.328 e. The van der Waals surface area contributed by atoms with Gasteiger partial charge in [-0.2, -0.15) is 0 Å². The maximum atomic E-state index is 9.83. The highest BCUT2D eigenvalue weighted by Crippen LogP contribution is 2.06. The van der Waals surface area contributed by atoms with E-state index in [9.17, 15) is 10.1 Å². The van der Waals surface area contributed by atoms with E-state index < -0.39 is 10.2 Å². The van der Waals surface area contributed by atoms with Crippen molar-refractivity contribution in [1.29, 1.82) is 0 Å². The molecule has 0 radical (unpaired) electrons. The highest BCUT2D eigenvalue weighted by molar-refractivity contribution is 4.66. The molecule has 1 aliphatic heterocycles. The lowest BCUT2D eigenvalue weighted by Gasteiger charge is -2.19. The van der Waals surface area contributed by atoms with Gasteiger partial charge < -0.3 is 15.4 Å². The minimum absolute atomic E-state index is 0.184. The van der Waals surface area contributed by atoms with Gasteiger partial charge in [0.2, 0.25) is 0 Å². The molecule has 9 nitrogen and oxygen atoms in total. The van der Waals surface area contributed by atoms with Gasteiger partial charge in [-0.25, -0.2) is 0 Å². The number of nitrogens with zero attached hydrogens (tertiary/aromatic N) is 2. The van der Waals surface area contributed by atoms with Crippen LogP contribution in [0.1, 0.15) is 12.8 Å².